The smallest absolute Gasteiger partial charge is 0.273 e. The Balaban J connectivity index is 1.60. The summed E-state index contributed by atoms with van der Waals surface area (Å²) >= 11 is 1.10. The minimum Gasteiger partial charge on any atom is -0.346 e. The van der Waals surface area contributed by atoms with E-state index in [2.05, 4.69) is 14.9 Å². The summed E-state index contributed by atoms with van der Waals surface area (Å²) in [5, 5.41) is 8.01. The van der Waals surface area contributed by atoms with E-state index >= 15 is 0 Å². The first kappa shape index (κ1) is 14.6. The fraction of sp³-hybridized carbons (Fsp3) is 0.286. The molecule has 0 saturated carbocycles. The third-order valence-corrected chi connectivity index (χ3v) is 3.91. The number of nitrogens with zero attached hydrogens (tertiary/aromatic N) is 3. The van der Waals surface area contributed by atoms with Crippen molar-refractivity contribution in [2.75, 3.05) is 6.54 Å². The van der Waals surface area contributed by atoms with Crippen LogP contribution in [-0.2, 0) is 11.3 Å². The van der Waals surface area contributed by atoms with Gasteiger partial charge in [-0.2, -0.15) is 0 Å². The van der Waals surface area contributed by atoms with Gasteiger partial charge in [-0.15, -0.1) is 5.10 Å². The summed E-state index contributed by atoms with van der Waals surface area (Å²) in [7, 11) is 0. The number of nitrogens with one attached hydrogen (secondary N) is 1. The molecule has 1 unspecified atom stereocenters. The zero-order valence-electron chi connectivity index (χ0n) is 11.5. The molecule has 1 aliphatic rings. The lowest BCUT2D eigenvalue weighted by atomic mass is 10.2. The lowest BCUT2D eigenvalue weighted by Crippen LogP contribution is -2.37. The number of halogens is 1. The topological polar surface area (TPSA) is 75.2 Å². The highest BCUT2D eigenvalue weighted by Gasteiger charge is 2.31. The van der Waals surface area contributed by atoms with Crippen molar-refractivity contribution in [3.05, 3.63) is 46.7 Å². The summed E-state index contributed by atoms with van der Waals surface area (Å²) < 4.78 is 16.8. The molecular formula is C14H13FN4O2S. The first-order valence-electron chi connectivity index (χ1n) is 6.72. The standard InChI is InChI=1S/C14H13FN4O2S/c15-10-3-1-2-9(4-10)6-19-7-11(5-13(19)20)16-14(21)12-8-22-18-17-12/h1-4,8,11H,5-7H2,(H,16,21). The Hall–Kier alpha value is -2.35. The third-order valence-electron chi connectivity index (χ3n) is 3.40. The van der Waals surface area contributed by atoms with Crippen LogP contribution in [0.5, 0.6) is 0 Å². The second kappa shape index (κ2) is 6.18. The summed E-state index contributed by atoms with van der Waals surface area (Å²) in [6, 6.07) is 5.87. The minimum atomic E-state index is -0.334. The van der Waals surface area contributed by atoms with Gasteiger partial charge in [0.25, 0.3) is 5.91 Å². The number of likely N-dealkylation sites (tertiary alicyclic amines) is 1. The van der Waals surface area contributed by atoms with Crippen molar-refractivity contribution in [1.29, 1.82) is 0 Å². The number of aromatic nitrogens is 2. The van der Waals surface area contributed by atoms with Crippen molar-refractivity contribution in [2.45, 2.75) is 19.0 Å². The van der Waals surface area contributed by atoms with Gasteiger partial charge in [-0.05, 0) is 29.2 Å². The predicted octanol–water partition coefficient (Wildman–Crippen LogP) is 1.21. The molecule has 1 saturated heterocycles. The molecule has 22 heavy (non-hydrogen) atoms. The van der Waals surface area contributed by atoms with E-state index in [1.807, 2.05) is 0 Å². The number of hydrogen-bond acceptors (Lipinski definition) is 5. The maximum absolute atomic E-state index is 13.2. The molecular weight excluding hydrogens is 307 g/mol. The molecule has 1 fully saturated rings. The highest BCUT2D eigenvalue weighted by atomic mass is 32.1. The third kappa shape index (κ3) is 3.28. The number of carbonyl (C=O) groups excluding carboxylic acids is 2. The van der Waals surface area contributed by atoms with Gasteiger partial charge in [0, 0.05) is 24.9 Å². The lowest BCUT2D eigenvalue weighted by Gasteiger charge is -2.17. The van der Waals surface area contributed by atoms with Crippen LogP contribution in [0.2, 0.25) is 0 Å². The van der Waals surface area contributed by atoms with E-state index < -0.39 is 0 Å². The van der Waals surface area contributed by atoms with Gasteiger partial charge in [0.1, 0.15) is 5.82 Å². The number of benzene rings is 1. The van der Waals surface area contributed by atoms with Gasteiger partial charge in [0.2, 0.25) is 5.91 Å². The van der Waals surface area contributed by atoms with E-state index in [1.165, 1.54) is 12.1 Å². The zero-order chi connectivity index (χ0) is 15.5. The second-order valence-electron chi connectivity index (χ2n) is 5.07. The molecule has 6 nitrogen and oxygen atoms in total. The van der Waals surface area contributed by atoms with Crippen LogP contribution in [0.4, 0.5) is 4.39 Å². The normalized spacial score (nSPS) is 17.8. The summed E-state index contributed by atoms with van der Waals surface area (Å²) in [6.45, 7) is 0.736. The minimum absolute atomic E-state index is 0.0639. The van der Waals surface area contributed by atoms with Crippen LogP contribution < -0.4 is 5.32 Å². The van der Waals surface area contributed by atoms with Crippen LogP contribution in [0.25, 0.3) is 0 Å². The number of hydrogen-bond donors (Lipinski definition) is 1. The Morgan fingerprint density at radius 2 is 2.36 bits per heavy atom. The maximum atomic E-state index is 13.2. The molecule has 1 aliphatic heterocycles. The molecule has 1 N–H and O–H groups in total. The van der Waals surface area contributed by atoms with Gasteiger partial charge in [0.15, 0.2) is 5.69 Å². The van der Waals surface area contributed by atoms with E-state index in [4.69, 9.17) is 0 Å². The Morgan fingerprint density at radius 3 is 3.09 bits per heavy atom. The van der Waals surface area contributed by atoms with Gasteiger partial charge in [-0.1, -0.05) is 16.6 Å². The van der Waals surface area contributed by atoms with Crippen LogP contribution in [0.15, 0.2) is 29.6 Å². The fourth-order valence-corrected chi connectivity index (χ4v) is 2.84. The van der Waals surface area contributed by atoms with E-state index in [9.17, 15) is 14.0 Å². The quantitative estimate of drug-likeness (QED) is 0.919. The van der Waals surface area contributed by atoms with E-state index in [1.54, 1.807) is 22.4 Å². The molecule has 2 heterocycles. The molecule has 0 aliphatic carbocycles. The SMILES string of the molecule is O=C(NC1CC(=O)N(Cc2cccc(F)c2)C1)c1csnn1. The first-order valence-corrected chi connectivity index (χ1v) is 7.55. The van der Waals surface area contributed by atoms with Crippen LogP contribution in [0.1, 0.15) is 22.5 Å². The molecule has 0 radical (unpaired) electrons. The molecule has 0 spiro atoms. The van der Waals surface area contributed by atoms with Gasteiger partial charge < -0.3 is 10.2 Å². The summed E-state index contributed by atoms with van der Waals surface area (Å²) in [5.41, 5.74) is 0.977. The van der Waals surface area contributed by atoms with Gasteiger partial charge in [0.05, 0.1) is 6.04 Å². The van der Waals surface area contributed by atoms with Gasteiger partial charge in [-0.25, -0.2) is 4.39 Å². The van der Waals surface area contributed by atoms with Crippen molar-refractivity contribution >= 4 is 23.3 Å². The lowest BCUT2D eigenvalue weighted by molar-refractivity contribution is -0.128. The molecule has 0 bridgehead atoms. The summed E-state index contributed by atoms with van der Waals surface area (Å²) in [4.78, 5) is 25.5. The molecule has 1 aromatic heterocycles. The average Bonchev–Trinajstić information content (AvgIpc) is 3.10. The van der Waals surface area contributed by atoms with Crippen molar-refractivity contribution in [2.24, 2.45) is 0 Å². The fourth-order valence-electron chi connectivity index (χ4n) is 2.40. The van der Waals surface area contributed by atoms with Crippen molar-refractivity contribution in [3.63, 3.8) is 0 Å². The largest absolute Gasteiger partial charge is 0.346 e. The Bertz CT molecular complexity index is 692. The van der Waals surface area contributed by atoms with Crippen molar-refractivity contribution < 1.29 is 14.0 Å². The average molecular weight is 320 g/mol. The Kier molecular flexibility index (Phi) is 4.10. The molecule has 114 valence electrons. The highest BCUT2D eigenvalue weighted by molar-refractivity contribution is 7.03. The number of carbonyl (C=O) groups is 2. The van der Waals surface area contributed by atoms with Crippen molar-refractivity contribution in [1.82, 2.24) is 19.8 Å². The maximum Gasteiger partial charge on any atom is 0.273 e. The van der Waals surface area contributed by atoms with E-state index in [0.29, 0.717) is 13.1 Å². The molecule has 2 aromatic rings. The van der Waals surface area contributed by atoms with Crippen LogP contribution in [0, 0.1) is 5.82 Å². The molecule has 1 atom stereocenters. The first-order chi connectivity index (χ1) is 10.6. The number of rotatable bonds is 4. The van der Waals surface area contributed by atoms with E-state index in [0.717, 1.165) is 17.1 Å². The van der Waals surface area contributed by atoms with Crippen LogP contribution in [-0.4, -0.2) is 38.9 Å². The van der Waals surface area contributed by atoms with Gasteiger partial charge >= 0.3 is 0 Å². The molecule has 2 amide bonds. The van der Waals surface area contributed by atoms with E-state index in [-0.39, 0.29) is 35.8 Å². The zero-order valence-corrected chi connectivity index (χ0v) is 12.3. The molecule has 1 aromatic carbocycles. The van der Waals surface area contributed by atoms with Gasteiger partial charge in [-0.3, -0.25) is 9.59 Å². The summed E-state index contributed by atoms with van der Waals surface area (Å²) in [6.07, 6.45) is 0.235. The highest BCUT2D eigenvalue weighted by Crippen LogP contribution is 2.16. The Labute approximate surface area is 130 Å². The number of amides is 2. The molecule has 3 rings (SSSR count). The van der Waals surface area contributed by atoms with Crippen LogP contribution in [0.3, 0.4) is 0 Å². The summed E-state index contributed by atoms with van der Waals surface area (Å²) in [5.74, 6) is -0.727. The molecule has 8 heteroatoms. The monoisotopic (exact) mass is 320 g/mol. The van der Waals surface area contributed by atoms with Crippen LogP contribution >= 0.6 is 11.5 Å². The predicted molar refractivity (Wildman–Crippen MR) is 77.6 cm³/mol. The Morgan fingerprint density at radius 1 is 1.50 bits per heavy atom. The second-order valence-corrected chi connectivity index (χ2v) is 5.68. The van der Waals surface area contributed by atoms with Crippen molar-refractivity contribution in [3.8, 4) is 0 Å².